The average Bonchev–Trinajstić information content (AvgIpc) is 2.93. The molecule has 1 aromatic heterocycles. The Morgan fingerprint density at radius 3 is 2.45 bits per heavy atom. The van der Waals surface area contributed by atoms with Crippen molar-refractivity contribution in [3.8, 4) is 0 Å². The van der Waals surface area contributed by atoms with E-state index in [-0.39, 0.29) is 17.9 Å². The number of aromatic nitrogens is 2. The minimum atomic E-state index is -0.145. The molecule has 0 N–H and O–H groups in total. The third kappa shape index (κ3) is 3.48. The number of imidazole rings is 1. The third-order valence-corrected chi connectivity index (χ3v) is 4.14. The molecule has 1 atom stereocenters. The van der Waals surface area contributed by atoms with Crippen molar-refractivity contribution < 1.29 is 9.59 Å². The van der Waals surface area contributed by atoms with Gasteiger partial charge in [-0.25, -0.2) is 4.98 Å². The SMILES string of the molecule is CCCC(=O)N1CCN(C(=O)CCC)C(c2nccn2C)C1. The van der Waals surface area contributed by atoms with Crippen LogP contribution >= 0.6 is 0 Å². The van der Waals surface area contributed by atoms with Gasteiger partial charge in [0.05, 0.1) is 0 Å². The monoisotopic (exact) mass is 306 g/mol. The van der Waals surface area contributed by atoms with Gasteiger partial charge in [-0.15, -0.1) is 0 Å². The molecule has 0 bridgehead atoms. The van der Waals surface area contributed by atoms with Crippen LogP contribution in [0, 0.1) is 0 Å². The lowest BCUT2D eigenvalue weighted by Gasteiger charge is -2.41. The molecule has 6 nitrogen and oxygen atoms in total. The zero-order valence-electron chi connectivity index (χ0n) is 13.8. The average molecular weight is 306 g/mol. The molecule has 0 aliphatic carbocycles. The Kier molecular flexibility index (Phi) is 5.57. The molecule has 1 aliphatic rings. The van der Waals surface area contributed by atoms with E-state index in [1.54, 1.807) is 6.20 Å². The number of nitrogens with zero attached hydrogens (tertiary/aromatic N) is 4. The fourth-order valence-corrected chi connectivity index (χ4v) is 2.96. The fraction of sp³-hybridized carbons (Fsp3) is 0.688. The molecule has 0 radical (unpaired) electrons. The van der Waals surface area contributed by atoms with Gasteiger partial charge in [-0.2, -0.15) is 0 Å². The van der Waals surface area contributed by atoms with Gasteiger partial charge in [0, 0.05) is 51.9 Å². The van der Waals surface area contributed by atoms with E-state index in [1.165, 1.54) is 0 Å². The Morgan fingerprint density at radius 1 is 1.18 bits per heavy atom. The van der Waals surface area contributed by atoms with Crippen LogP contribution in [-0.4, -0.2) is 50.8 Å². The van der Waals surface area contributed by atoms with E-state index in [0.29, 0.717) is 32.5 Å². The number of hydrogen-bond acceptors (Lipinski definition) is 3. The van der Waals surface area contributed by atoms with Gasteiger partial charge in [-0.05, 0) is 12.8 Å². The summed E-state index contributed by atoms with van der Waals surface area (Å²) in [4.78, 5) is 32.8. The summed E-state index contributed by atoms with van der Waals surface area (Å²) in [6.07, 6.45) is 6.41. The zero-order valence-corrected chi connectivity index (χ0v) is 13.8. The summed E-state index contributed by atoms with van der Waals surface area (Å²) < 4.78 is 1.94. The van der Waals surface area contributed by atoms with E-state index in [4.69, 9.17) is 0 Å². The van der Waals surface area contributed by atoms with Gasteiger partial charge in [-0.1, -0.05) is 13.8 Å². The second-order valence-electron chi connectivity index (χ2n) is 5.84. The molecule has 22 heavy (non-hydrogen) atoms. The van der Waals surface area contributed by atoms with E-state index in [2.05, 4.69) is 4.98 Å². The molecule has 1 unspecified atom stereocenters. The predicted octanol–water partition coefficient (Wildman–Crippen LogP) is 1.73. The molecule has 122 valence electrons. The molecule has 1 fully saturated rings. The lowest BCUT2D eigenvalue weighted by Crippen LogP contribution is -2.52. The summed E-state index contributed by atoms with van der Waals surface area (Å²) in [7, 11) is 1.93. The van der Waals surface area contributed by atoms with Crippen molar-refractivity contribution in [2.24, 2.45) is 7.05 Å². The Hall–Kier alpha value is -1.85. The van der Waals surface area contributed by atoms with Crippen LogP contribution in [-0.2, 0) is 16.6 Å². The van der Waals surface area contributed by atoms with Crippen molar-refractivity contribution in [2.75, 3.05) is 19.6 Å². The molecular weight excluding hydrogens is 280 g/mol. The Bertz CT molecular complexity index is 526. The van der Waals surface area contributed by atoms with E-state index >= 15 is 0 Å². The van der Waals surface area contributed by atoms with Crippen LogP contribution in [0.4, 0.5) is 0 Å². The minimum Gasteiger partial charge on any atom is -0.338 e. The second-order valence-corrected chi connectivity index (χ2v) is 5.84. The Morgan fingerprint density at radius 2 is 1.86 bits per heavy atom. The molecular formula is C16H26N4O2. The third-order valence-electron chi connectivity index (χ3n) is 4.14. The normalized spacial score (nSPS) is 18.6. The molecule has 1 aromatic rings. The van der Waals surface area contributed by atoms with Crippen LogP contribution in [0.3, 0.4) is 0 Å². The lowest BCUT2D eigenvalue weighted by atomic mass is 10.1. The molecule has 0 aromatic carbocycles. The summed E-state index contributed by atoms with van der Waals surface area (Å²) >= 11 is 0. The van der Waals surface area contributed by atoms with Crippen molar-refractivity contribution >= 4 is 11.8 Å². The Labute approximate surface area is 132 Å². The summed E-state index contributed by atoms with van der Waals surface area (Å²) in [5.74, 6) is 1.17. The van der Waals surface area contributed by atoms with Crippen LogP contribution in [0.1, 0.15) is 51.4 Å². The predicted molar refractivity (Wildman–Crippen MR) is 84.1 cm³/mol. The second kappa shape index (κ2) is 7.42. The van der Waals surface area contributed by atoms with E-state index in [0.717, 1.165) is 18.7 Å². The summed E-state index contributed by atoms with van der Waals surface area (Å²) in [5.41, 5.74) is 0. The van der Waals surface area contributed by atoms with Crippen molar-refractivity contribution in [1.29, 1.82) is 0 Å². The summed E-state index contributed by atoms with van der Waals surface area (Å²) in [6, 6.07) is -0.145. The summed E-state index contributed by atoms with van der Waals surface area (Å²) in [5, 5.41) is 0. The highest BCUT2D eigenvalue weighted by atomic mass is 16.2. The maximum absolute atomic E-state index is 12.4. The number of rotatable bonds is 5. The van der Waals surface area contributed by atoms with Crippen LogP contribution in [0.25, 0.3) is 0 Å². The molecule has 1 saturated heterocycles. The van der Waals surface area contributed by atoms with E-state index < -0.39 is 0 Å². The van der Waals surface area contributed by atoms with Crippen LogP contribution in [0.5, 0.6) is 0 Å². The van der Waals surface area contributed by atoms with Crippen LogP contribution < -0.4 is 0 Å². The van der Waals surface area contributed by atoms with E-state index in [9.17, 15) is 9.59 Å². The largest absolute Gasteiger partial charge is 0.338 e. The lowest BCUT2D eigenvalue weighted by molar-refractivity contribution is -0.143. The van der Waals surface area contributed by atoms with Crippen molar-refractivity contribution in [2.45, 2.75) is 45.6 Å². The first-order valence-corrected chi connectivity index (χ1v) is 8.12. The molecule has 6 heteroatoms. The fourth-order valence-electron chi connectivity index (χ4n) is 2.96. The highest BCUT2D eigenvalue weighted by Gasteiger charge is 2.34. The Balaban J connectivity index is 2.20. The molecule has 0 spiro atoms. The number of amides is 2. The van der Waals surface area contributed by atoms with Crippen LogP contribution in [0.2, 0.25) is 0 Å². The van der Waals surface area contributed by atoms with Gasteiger partial charge in [0.15, 0.2) is 0 Å². The highest BCUT2D eigenvalue weighted by Crippen LogP contribution is 2.25. The molecule has 2 heterocycles. The number of carbonyl (C=O) groups is 2. The zero-order chi connectivity index (χ0) is 16.1. The van der Waals surface area contributed by atoms with Gasteiger partial charge in [0.1, 0.15) is 11.9 Å². The first-order valence-electron chi connectivity index (χ1n) is 8.12. The summed E-state index contributed by atoms with van der Waals surface area (Å²) in [6.45, 7) is 5.77. The smallest absolute Gasteiger partial charge is 0.223 e. The van der Waals surface area contributed by atoms with Crippen molar-refractivity contribution in [3.63, 3.8) is 0 Å². The topological polar surface area (TPSA) is 58.4 Å². The molecule has 2 amide bonds. The molecule has 0 saturated carbocycles. The standard InChI is InChI=1S/C16H26N4O2/c1-4-6-14(21)19-10-11-20(15(22)7-5-2)13(12-19)16-17-8-9-18(16)3/h8-9,13H,4-7,10-12H2,1-3H3. The maximum atomic E-state index is 12.4. The highest BCUT2D eigenvalue weighted by molar-refractivity contribution is 5.79. The first-order chi connectivity index (χ1) is 10.6. The quantitative estimate of drug-likeness (QED) is 0.832. The molecule has 2 rings (SSSR count). The number of piperazine rings is 1. The first kappa shape index (κ1) is 16.5. The number of carbonyl (C=O) groups excluding carboxylic acids is 2. The maximum Gasteiger partial charge on any atom is 0.223 e. The van der Waals surface area contributed by atoms with Gasteiger partial charge in [-0.3, -0.25) is 9.59 Å². The number of hydrogen-bond donors (Lipinski definition) is 0. The van der Waals surface area contributed by atoms with Gasteiger partial charge in [0.2, 0.25) is 11.8 Å². The van der Waals surface area contributed by atoms with Gasteiger partial charge < -0.3 is 14.4 Å². The van der Waals surface area contributed by atoms with Gasteiger partial charge in [0.25, 0.3) is 0 Å². The van der Waals surface area contributed by atoms with E-state index in [1.807, 2.05) is 41.5 Å². The van der Waals surface area contributed by atoms with Gasteiger partial charge >= 0.3 is 0 Å². The van der Waals surface area contributed by atoms with Crippen LogP contribution in [0.15, 0.2) is 12.4 Å². The molecule has 1 aliphatic heterocycles. The van der Waals surface area contributed by atoms with Crippen molar-refractivity contribution in [1.82, 2.24) is 19.4 Å². The minimum absolute atomic E-state index is 0.145. The number of aryl methyl sites for hydroxylation is 1. The van der Waals surface area contributed by atoms with Crippen molar-refractivity contribution in [3.05, 3.63) is 18.2 Å².